The Labute approximate surface area is 74.6 Å². The standard InChI is InChI=1S/C7H10N2O2S/c1-4-5(2)7(11)9(3-12)8-6(4)10/h12H,3H2,1-2H3,(H,8,10). The number of thiol groups is 1. The molecule has 0 amide bonds. The first-order valence-corrected chi connectivity index (χ1v) is 4.12. The molecular weight excluding hydrogens is 176 g/mol. The molecule has 0 spiro atoms. The average molecular weight is 186 g/mol. The Hall–Kier alpha value is -0.970. The normalized spacial score (nSPS) is 10.2. The number of aromatic amines is 1. The van der Waals surface area contributed by atoms with E-state index in [-0.39, 0.29) is 17.0 Å². The predicted octanol–water partition coefficient (Wildman–Crippen LogP) is 0.0407. The van der Waals surface area contributed by atoms with Crippen LogP contribution in [0.5, 0.6) is 0 Å². The molecule has 1 aromatic heterocycles. The second kappa shape index (κ2) is 3.18. The van der Waals surface area contributed by atoms with Crippen LogP contribution in [0.2, 0.25) is 0 Å². The molecule has 4 nitrogen and oxygen atoms in total. The molecule has 0 unspecified atom stereocenters. The molecule has 0 bridgehead atoms. The molecule has 1 N–H and O–H groups in total. The topological polar surface area (TPSA) is 54.9 Å². The molecule has 0 saturated carbocycles. The molecule has 0 aliphatic rings. The van der Waals surface area contributed by atoms with Crippen LogP contribution < -0.4 is 11.1 Å². The lowest BCUT2D eigenvalue weighted by Gasteiger charge is -2.03. The Morgan fingerprint density at radius 3 is 2.42 bits per heavy atom. The van der Waals surface area contributed by atoms with E-state index >= 15 is 0 Å². The molecule has 0 saturated heterocycles. The Bertz CT molecular complexity index is 405. The number of hydrogen-bond acceptors (Lipinski definition) is 3. The van der Waals surface area contributed by atoms with Gasteiger partial charge in [-0.3, -0.25) is 14.7 Å². The summed E-state index contributed by atoms with van der Waals surface area (Å²) < 4.78 is 1.17. The van der Waals surface area contributed by atoms with Crippen LogP contribution in [0.15, 0.2) is 9.59 Å². The van der Waals surface area contributed by atoms with E-state index in [1.165, 1.54) is 4.68 Å². The van der Waals surface area contributed by atoms with Gasteiger partial charge in [0, 0.05) is 11.1 Å². The summed E-state index contributed by atoms with van der Waals surface area (Å²) in [4.78, 5) is 22.4. The lowest BCUT2D eigenvalue weighted by atomic mass is 10.2. The van der Waals surface area contributed by atoms with Crippen molar-refractivity contribution in [1.82, 2.24) is 9.78 Å². The van der Waals surface area contributed by atoms with Crippen molar-refractivity contribution in [2.45, 2.75) is 19.7 Å². The van der Waals surface area contributed by atoms with Crippen molar-refractivity contribution < 1.29 is 0 Å². The second-order valence-corrected chi connectivity index (χ2v) is 2.85. The number of H-pyrrole nitrogens is 1. The zero-order chi connectivity index (χ0) is 9.30. The summed E-state index contributed by atoms with van der Waals surface area (Å²) >= 11 is 3.90. The van der Waals surface area contributed by atoms with Gasteiger partial charge in [0.05, 0.1) is 5.88 Å². The monoisotopic (exact) mass is 186 g/mol. The molecule has 1 rings (SSSR count). The third-order valence-corrected chi connectivity index (χ3v) is 2.13. The minimum atomic E-state index is -0.235. The Morgan fingerprint density at radius 2 is 1.92 bits per heavy atom. The number of nitrogens with one attached hydrogen (secondary N) is 1. The van der Waals surface area contributed by atoms with Gasteiger partial charge in [-0.2, -0.15) is 12.6 Å². The van der Waals surface area contributed by atoms with Gasteiger partial charge in [-0.25, -0.2) is 4.68 Å². The largest absolute Gasteiger partial charge is 0.269 e. The van der Waals surface area contributed by atoms with Crippen LogP contribution in [0, 0.1) is 13.8 Å². The predicted molar refractivity (Wildman–Crippen MR) is 49.8 cm³/mol. The van der Waals surface area contributed by atoms with Crippen molar-refractivity contribution in [2.75, 3.05) is 0 Å². The highest BCUT2D eigenvalue weighted by molar-refractivity contribution is 7.79. The first-order valence-electron chi connectivity index (χ1n) is 3.49. The molecule has 0 aliphatic carbocycles. The molecule has 0 atom stereocenters. The van der Waals surface area contributed by atoms with E-state index in [1.807, 2.05) is 0 Å². The van der Waals surface area contributed by atoms with Crippen molar-refractivity contribution in [2.24, 2.45) is 0 Å². The minimum Gasteiger partial charge on any atom is -0.268 e. The zero-order valence-electron chi connectivity index (χ0n) is 6.92. The summed E-state index contributed by atoms with van der Waals surface area (Å²) in [6, 6.07) is 0. The molecule has 1 aromatic rings. The number of hydrogen-bond donors (Lipinski definition) is 2. The van der Waals surface area contributed by atoms with Crippen molar-refractivity contribution in [3.63, 3.8) is 0 Å². The van der Waals surface area contributed by atoms with Crippen LogP contribution in [0.4, 0.5) is 0 Å². The summed E-state index contributed by atoms with van der Waals surface area (Å²) in [5, 5.41) is 2.41. The first kappa shape index (κ1) is 9.12. The van der Waals surface area contributed by atoms with Crippen molar-refractivity contribution in [1.29, 1.82) is 0 Å². The quantitative estimate of drug-likeness (QED) is 0.608. The van der Waals surface area contributed by atoms with E-state index in [9.17, 15) is 9.59 Å². The van der Waals surface area contributed by atoms with Crippen LogP contribution in [-0.2, 0) is 5.88 Å². The molecule has 0 aliphatic heterocycles. The fraction of sp³-hybridized carbons (Fsp3) is 0.429. The van der Waals surface area contributed by atoms with E-state index in [2.05, 4.69) is 17.7 Å². The number of rotatable bonds is 1. The van der Waals surface area contributed by atoms with Crippen molar-refractivity contribution >= 4 is 12.6 Å². The van der Waals surface area contributed by atoms with Crippen LogP contribution >= 0.6 is 12.6 Å². The zero-order valence-corrected chi connectivity index (χ0v) is 7.81. The number of aromatic nitrogens is 2. The van der Waals surface area contributed by atoms with Crippen molar-refractivity contribution in [3.05, 3.63) is 31.8 Å². The van der Waals surface area contributed by atoms with Gasteiger partial charge in [-0.1, -0.05) is 0 Å². The van der Waals surface area contributed by atoms with Gasteiger partial charge in [0.15, 0.2) is 0 Å². The van der Waals surface area contributed by atoms with E-state index < -0.39 is 0 Å². The van der Waals surface area contributed by atoms with E-state index in [4.69, 9.17) is 0 Å². The van der Waals surface area contributed by atoms with Gasteiger partial charge in [0.1, 0.15) is 0 Å². The molecule has 0 radical (unpaired) electrons. The maximum absolute atomic E-state index is 11.3. The smallest absolute Gasteiger partial charge is 0.268 e. The molecule has 5 heteroatoms. The maximum atomic E-state index is 11.3. The van der Waals surface area contributed by atoms with Crippen LogP contribution in [0.25, 0.3) is 0 Å². The minimum absolute atomic E-state index is 0.190. The Morgan fingerprint density at radius 1 is 1.33 bits per heavy atom. The van der Waals surface area contributed by atoms with E-state index in [1.54, 1.807) is 13.8 Å². The van der Waals surface area contributed by atoms with Gasteiger partial charge >= 0.3 is 0 Å². The van der Waals surface area contributed by atoms with Crippen LogP contribution in [0.3, 0.4) is 0 Å². The third-order valence-electron chi connectivity index (χ3n) is 1.85. The van der Waals surface area contributed by atoms with Crippen molar-refractivity contribution in [3.8, 4) is 0 Å². The van der Waals surface area contributed by atoms with E-state index in [0.717, 1.165) is 0 Å². The lowest BCUT2D eigenvalue weighted by Crippen LogP contribution is -2.32. The van der Waals surface area contributed by atoms with Gasteiger partial charge in [0.2, 0.25) is 0 Å². The molecule has 12 heavy (non-hydrogen) atoms. The molecule has 66 valence electrons. The summed E-state index contributed by atoms with van der Waals surface area (Å²) in [6.07, 6.45) is 0. The van der Waals surface area contributed by atoms with Crippen LogP contribution in [-0.4, -0.2) is 9.78 Å². The van der Waals surface area contributed by atoms with Gasteiger partial charge in [0.25, 0.3) is 11.1 Å². The summed E-state index contributed by atoms with van der Waals surface area (Å²) in [5.41, 5.74) is 0.522. The maximum Gasteiger partial charge on any atom is 0.269 e. The molecule has 0 aromatic carbocycles. The van der Waals surface area contributed by atoms with Gasteiger partial charge in [-0.15, -0.1) is 0 Å². The van der Waals surface area contributed by atoms with E-state index in [0.29, 0.717) is 11.1 Å². The van der Waals surface area contributed by atoms with Gasteiger partial charge in [-0.05, 0) is 13.8 Å². The number of nitrogens with zero attached hydrogens (tertiary/aromatic N) is 1. The fourth-order valence-corrected chi connectivity index (χ4v) is 1.09. The fourth-order valence-electron chi connectivity index (χ4n) is 0.890. The highest BCUT2D eigenvalue weighted by Crippen LogP contribution is 1.91. The summed E-state index contributed by atoms with van der Waals surface area (Å²) in [5.74, 6) is 0.190. The Kier molecular flexibility index (Phi) is 2.42. The second-order valence-electron chi connectivity index (χ2n) is 2.57. The lowest BCUT2D eigenvalue weighted by molar-refractivity contribution is 0.669. The highest BCUT2D eigenvalue weighted by atomic mass is 32.1. The molecule has 0 fully saturated rings. The highest BCUT2D eigenvalue weighted by Gasteiger charge is 2.04. The first-order chi connectivity index (χ1) is 5.57. The van der Waals surface area contributed by atoms with Crippen LogP contribution in [0.1, 0.15) is 11.1 Å². The Balaban J connectivity index is 3.61. The third kappa shape index (κ3) is 1.32. The SMILES string of the molecule is Cc1c(C)c(=O)n(CS)[nH]c1=O. The molecular formula is C7H10N2O2S. The summed E-state index contributed by atoms with van der Waals surface area (Å²) in [7, 11) is 0. The van der Waals surface area contributed by atoms with Gasteiger partial charge < -0.3 is 0 Å². The summed E-state index contributed by atoms with van der Waals surface area (Å²) in [6.45, 7) is 3.26. The average Bonchev–Trinajstić information content (AvgIpc) is 2.08. The molecule has 1 heterocycles.